The summed E-state index contributed by atoms with van der Waals surface area (Å²) in [7, 11) is 0. The molecule has 0 atom stereocenters. The van der Waals surface area contributed by atoms with Crippen molar-refractivity contribution in [1.82, 2.24) is 9.78 Å². The third kappa shape index (κ3) is 3.20. The second-order valence-corrected chi connectivity index (χ2v) is 4.03. The molecule has 2 aromatic rings. The first-order chi connectivity index (χ1) is 9.24. The first-order valence-electron chi connectivity index (χ1n) is 6.26. The van der Waals surface area contributed by atoms with Crippen molar-refractivity contribution in [1.29, 1.82) is 0 Å². The Morgan fingerprint density at radius 3 is 2.58 bits per heavy atom. The van der Waals surface area contributed by atoms with Crippen molar-refractivity contribution in [2.24, 2.45) is 5.73 Å². The number of rotatable bonds is 5. The maximum atomic E-state index is 11.6. The van der Waals surface area contributed by atoms with Crippen LogP contribution in [0.25, 0.3) is 11.3 Å². The zero-order chi connectivity index (χ0) is 13.7. The highest BCUT2D eigenvalue weighted by molar-refractivity contribution is 5.59. The second kappa shape index (κ2) is 6.15. The molecule has 0 aliphatic carbocycles. The molecule has 0 spiro atoms. The van der Waals surface area contributed by atoms with Crippen LogP contribution in [0.4, 0.5) is 0 Å². The highest BCUT2D eigenvalue weighted by Gasteiger charge is 2.03. The summed E-state index contributed by atoms with van der Waals surface area (Å²) in [6.07, 6.45) is 0. The van der Waals surface area contributed by atoms with Crippen LogP contribution in [0, 0.1) is 0 Å². The van der Waals surface area contributed by atoms with Gasteiger partial charge in [0, 0.05) is 18.2 Å². The summed E-state index contributed by atoms with van der Waals surface area (Å²) in [5.41, 5.74) is 7.00. The molecule has 0 unspecified atom stereocenters. The van der Waals surface area contributed by atoms with E-state index in [2.05, 4.69) is 5.10 Å². The van der Waals surface area contributed by atoms with Crippen LogP contribution in [-0.4, -0.2) is 22.9 Å². The predicted octanol–water partition coefficient (Wildman–Crippen LogP) is 1.27. The largest absolute Gasteiger partial charge is 0.494 e. The van der Waals surface area contributed by atoms with Crippen LogP contribution in [0.5, 0.6) is 5.75 Å². The third-order valence-electron chi connectivity index (χ3n) is 2.67. The van der Waals surface area contributed by atoms with Gasteiger partial charge in [-0.05, 0) is 37.3 Å². The van der Waals surface area contributed by atoms with E-state index in [0.29, 0.717) is 19.7 Å². The van der Waals surface area contributed by atoms with E-state index in [1.54, 1.807) is 6.07 Å². The van der Waals surface area contributed by atoms with E-state index in [1.165, 1.54) is 10.7 Å². The van der Waals surface area contributed by atoms with Crippen molar-refractivity contribution in [3.05, 3.63) is 46.8 Å². The number of benzene rings is 1. The molecule has 0 bridgehead atoms. The summed E-state index contributed by atoms with van der Waals surface area (Å²) in [5, 5.41) is 4.29. The molecule has 2 N–H and O–H groups in total. The number of hydrogen-bond acceptors (Lipinski definition) is 4. The van der Waals surface area contributed by atoms with Crippen LogP contribution in [0.2, 0.25) is 0 Å². The van der Waals surface area contributed by atoms with Crippen molar-refractivity contribution >= 4 is 0 Å². The molecule has 0 saturated heterocycles. The number of aromatic nitrogens is 2. The zero-order valence-electron chi connectivity index (χ0n) is 10.9. The van der Waals surface area contributed by atoms with Gasteiger partial charge in [0.15, 0.2) is 0 Å². The summed E-state index contributed by atoms with van der Waals surface area (Å²) in [5.74, 6) is 0.821. The van der Waals surface area contributed by atoms with Crippen molar-refractivity contribution in [2.45, 2.75) is 13.5 Å². The van der Waals surface area contributed by atoms with E-state index in [0.717, 1.165) is 17.0 Å². The van der Waals surface area contributed by atoms with Crippen LogP contribution in [-0.2, 0) is 6.54 Å². The maximum Gasteiger partial charge on any atom is 0.266 e. The molecule has 0 fully saturated rings. The molecule has 100 valence electrons. The van der Waals surface area contributed by atoms with Gasteiger partial charge in [0.2, 0.25) is 0 Å². The molecule has 0 radical (unpaired) electrons. The Morgan fingerprint density at radius 1 is 1.21 bits per heavy atom. The molecule has 5 heteroatoms. The summed E-state index contributed by atoms with van der Waals surface area (Å²) < 4.78 is 6.77. The minimum absolute atomic E-state index is 0.139. The Morgan fingerprint density at radius 2 is 1.95 bits per heavy atom. The molecule has 2 rings (SSSR count). The van der Waals surface area contributed by atoms with E-state index in [9.17, 15) is 4.79 Å². The summed E-state index contributed by atoms with van der Waals surface area (Å²) in [6.45, 7) is 3.39. The molecule has 0 aliphatic heterocycles. The van der Waals surface area contributed by atoms with Gasteiger partial charge in [-0.15, -0.1) is 0 Å². The van der Waals surface area contributed by atoms with Gasteiger partial charge in [-0.25, -0.2) is 4.68 Å². The van der Waals surface area contributed by atoms with Crippen LogP contribution >= 0.6 is 0 Å². The molecule has 1 aromatic heterocycles. The SMILES string of the molecule is CCOc1ccc(-c2ccc(=O)n(CCN)n2)cc1. The van der Waals surface area contributed by atoms with Gasteiger partial charge in [0.1, 0.15) is 5.75 Å². The highest BCUT2D eigenvalue weighted by Crippen LogP contribution is 2.19. The number of ether oxygens (including phenoxy) is 1. The first-order valence-corrected chi connectivity index (χ1v) is 6.26. The van der Waals surface area contributed by atoms with Crippen molar-refractivity contribution in [2.75, 3.05) is 13.2 Å². The zero-order valence-corrected chi connectivity index (χ0v) is 10.9. The minimum Gasteiger partial charge on any atom is -0.494 e. The third-order valence-corrected chi connectivity index (χ3v) is 2.67. The van der Waals surface area contributed by atoms with Gasteiger partial charge >= 0.3 is 0 Å². The fourth-order valence-corrected chi connectivity index (χ4v) is 1.77. The molecule has 19 heavy (non-hydrogen) atoms. The molecule has 0 amide bonds. The van der Waals surface area contributed by atoms with Crippen LogP contribution in [0.1, 0.15) is 6.92 Å². The summed E-state index contributed by atoms with van der Waals surface area (Å²) in [4.78, 5) is 11.6. The second-order valence-electron chi connectivity index (χ2n) is 4.03. The Hall–Kier alpha value is -2.14. The fraction of sp³-hybridized carbons (Fsp3) is 0.286. The van der Waals surface area contributed by atoms with E-state index in [1.807, 2.05) is 31.2 Å². The van der Waals surface area contributed by atoms with E-state index in [4.69, 9.17) is 10.5 Å². The molecule has 1 heterocycles. The quantitative estimate of drug-likeness (QED) is 0.877. The average molecular weight is 259 g/mol. The summed E-state index contributed by atoms with van der Waals surface area (Å²) in [6, 6.07) is 10.8. The molecule has 0 aliphatic rings. The van der Waals surface area contributed by atoms with Gasteiger partial charge < -0.3 is 10.5 Å². The maximum absolute atomic E-state index is 11.6. The lowest BCUT2D eigenvalue weighted by atomic mass is 10.1. The lowest BCUT2D eigenvalue weighted by molar-refractivity contribution is 0.340. The highest BCUT2D eigenvalue weighted by atomic mass is 16.5. The lowest BCUT2D eigenvalue weighted by Crippen LogP contribution is -2.25. The van der Waals surface area contributed by atoms with Gasteiger partial charge in [-0.1, -0.05) is 0 Å². The Labute approximate surface area is 111 Å². The van der Waals surface area contributed by atoms with Crippen molar-refractivity contribution < 1.29 is 4.74 Å². The van der Waals surface area contributed by atoms with E-state index in [-0.39, 0.29) is 5.56 Å². The Balaban J connectivity index is 2.30. The monoisotopic (exact) mass is 259 g/mol. The predicted molar refractivity (Wildman–Crippen MR) is 74.2 cm³/mol. The van der Waals surface area contributed by atoms with Crippen molar-refractivity contribution in [3.8, 4) is 17.0 Å². The number of hydrogen-bond donors (Lipinski definition) is 1. The fourth-order valence-electron chi connectivity index (χ4n) is 1.77. The van der Waals surface area contributed by atoms with Crippen molar-refractivity contribution in [3.63, 3.8) is 0 Å². The lowest BCUT2D eigenvalue weighted by Gasteiger charge is -2.07. The number of nitrogens with zero attached hydrogens (tertiary/aromatic N) is 2. The van der Waals surface area contributed by atoms with Crippen LogP contribution in [0.3, 0.4) is 0 Å². The topological polar surface area (TPSA) is 70.1 Å². The standard InChI is InChI=1S/C14H17N3O2/c1-2-19-12-5-3-11(4-6-12)13-7-8-14(18)17(16-13)10-9-15/h3-8H,2,9-10,15H2,1H3. The van der Waals surface area contributed by atoms with Gasteiger partial charge in [0.05, 0.1) is 18.8 Å². The van der Waals surface area contributed by atoms with Crippen LogP contribution < -0.4 is 16.0 Å². The molecule has 0 saturated carbocycles. The van der Waals surface area contributed by atoms with Gasteiger partial charge in [0.25, 0.3) is 5.56 Å². The average Bonchev–Trinajstić information content (AvgIpc) is 2.43. The molecule has 1 aromatic carbocycles. The normalized spacial score (nSPS) is 10.4. The van der Waals surface area contributed by atoms with Crippen LogP contribution in [0.15, 0.2) is 41.2 Å². The summed E-state index contributed by atoms with van der Waals surface area (Å²) >= 11 is 0. The van der Waals surface area contributed by atoms with Gasteiger partial charge in [-0.3, -0.25) is 4.79 Å². The van der Waals surface area contributed by atoms with E-state index >= 15 is 0 Å². The smallest absolute Gasteiger partial charge is 0.266 e. The Kier molecular flexibility index (Phi) is 4.30. The van der Waals surface area contributed by atoms with E-state index < -0.39 is 0 Å². The molecular weight excluding hydrogens is 242 g/mol. The van der Waals surface area contributed by atoms with Gasteiger partial charge in [-0.2, -0.15) is 5.10 Å². The minimum atomic E-state index is -0.139. The first kappa shape index (κ1) is 13.3. The molecule has 5 nitrogen and oxygen atoms in total. The Bertz CT molecular complexity index is 590. The number of nitrogens with two attached hydrogens (primary N) is 1. The molecular formula is C14H17N3O2.